The van der Waals surface area contributed by atoms with E-state index in [1.54, 1.807) is 18.2 Å². The van der Waals surface area contributed by atoms with Gasteiger partial charge < -0.3 is 4.57 Å². The number of sulfonamides is 1. The number of aromatic nitrogens is 1. The molecule has 2 aromatic carbocycles. The molecule has 0 fully saturated rings. The average Bonchev–Trinajstić information content (AvgIpc) is 3.09. The molecule has 0 bridgehead atoms. The van der Waals surface area contributed by atoms with Gasteiger partial charge in [0.2, 0.25) is 0 Å². The maximum absolute atomic E-state index is 12.6. The third kappa shape index (κ3) is 3.29. The molecule has 118 valence electrons. The molecule has 1 heterocycles. The van der Waals surface area contributed by atoms with Crippen LogP contribution in [0.2, 0.25) is 0 Å². The molecule has 23 heavy (non-hydrogen) atoms. The van der Waals surface area contributed by atoms with Crippen LogP contribution >= 0.6 is 0 Å². The molecule has 0 saturated heterocycles. The Bertz CT molecular complexity index is 883. The molecule has 0 aliphatic rings. The first-order valence-corrected chi connectivity index (χ1v) is 8.92. The van der Waals surface area contributed by atoms with Crippen molar-refractivity contribution in [3.63, 3.8) is 0 Å². The first-order chi connectivity index (χ1) is 11.1. The van der Waals surface area contributed by atoms with Gasteiger partial charge in [-0.1, -0.05) is 31.2 Å². The van der Waals surface area contributed by atoms with Gasteiger partial charge in [0.15, 0.2) is 0 Å². The maximum Gasteiger partial charge on any atom is 0.261 e. The fourth-order valence-electron chi connectivity index (χ4n) is 2.39. The Labute approximate surface area is 136 Å². The molecule has 4 nitrogen and oxygen atoms in total. The second-order valence-electron chi connectivity index (χ2n) is 5.21. The zero-order valence-electron chi connectivity index (χ0n) is 12.8. The molecule has 0 spiro atoms. The molecule has 0 saturated carbocycles. The zero-order valence-corrected chi connectivity index (χ0v) is 13.6. The van der Waals surface area contributed by atoms with Gasteiger partial charge in [0.05, 0.1) is 16.3 Å². The van der Waals surface area contributed by atoms with Gasteiger partial charge in [-0.15, -0.1) is 0 Å². The second-order valence-corrected chi connectivity index (χ2v) is 6.89. The van der Waals surface area contributed by atoms with E-state index in [2.05, 4.69) is 4.72 Å². The summed E-state index contributed by atoms with van der Waals surface area (Å²) in [5.41, 5.74) is 2.44. The highest BCUT2D eigenvalue weighted by atomic mass is 32.2. The van der Waals surface area contributed by atoms with Crippen LogP contribution in [0.1, 0.15) is 12.5 Å². The van der Waals surface area contributed by atoms with E-state index in [4.69, 9.17) is 0 Å². The molecule has 3 aromatic rings. The Balaban J connectivity index is 1.95. The lowest BCUT2D eigenvalue weighted by Gasteiger charge is -2.13. The van der Waals surface area contributed by atoms with Crippen LogP contribution in [0.3, 0.4) is 0 Å². The van der Waals surface area contributed by atoms with Crippen LogP contribution in [-0.2, 0) is 16.4 Å². The Hall–Kier alpha value is -2.53. The van der Waals surface area contributed by atoms with Crippen molar-refractivity contribution in [3.05, 3.63) is 78.6 Å². The average molecular weight is 326 g/mol. The molecule has 1 aromatic heterocycles. The summed E-state index contributed by atoms with van der Waals surface area (Å²) in [6, 6.07) is 18.1. The monoisotopic (exact) mass is 326 g/mol. The van der Waals surface area contributed by atoms with Crippen LogP contribution in [0.5, 0.6) is 0 Å². The van der Waals surface area contributed by atoms with E-state index in [0.717, 1.165) is 17.7 Å². The highest BCUT2D eigenvalue weighted by Gasteiger charge is 2.16. The van der Waals surface area contributed by atoms with Gasteiger partial charge in [-0.2, -0.15) is 0 Å². The van der Waals surface area contributed by atoms with E-state index in [9.17, 15) is 8.42 Å². The van der Waals surface area contributed by atoms with Crippen molar-refractivity contribution in [1.29, 1.82) is 0 Å². The lowest BCUT2D eigenvalue weighted by Crippen LogP contribution is -2.14. The topological polar surface area (TPSA) is 51.1 Å². The summed E-state index contributed by atoms with van der Waals surface area (Å²) >= 11 is 0. The van der Waals surface area contributed by atoms with Crippen LogP contribution in [0.25, 0.3) is 5.69 Å². The van der Waals surface area contributed by atoms with Crippen molar-refractivity contribution < 1.29 is 8.42 Å². The van der Waals surface area contributed by atoms with Gasteiger partial charge in [0.25, 0.3) is 10.0 Å². The Kier molecular flexibility index (Phi) is 4.21. The minimum Gasteiger partial charge on any atom is -0.322 e. The number of nitrogens with zero attached hydrogens (tertiary/aromatic N) is 1. The minimum absolute atomic E-state index is 0.261. The van der Waals surface area contributed by atoms with Gasteiger partial charge in [-0.05, 0) is 48.4 Å². The smallest absolute Gasteiger partial charge is 0.261 e. The van der Waals surface area contributed by atoms with Gasteiger partial charge in [0, 0.05) is 12.4 Å². The SMILES string of the molecule is CCc1ccc(S(=O)(=O)Nc2ccccc2-n2cccc2)cc1. The summed E-state index contributed by atoms with van der Waals surface area (Å²) in [6.07, 6.45) is 4.64. The molecule has 1 N–H and O–H groups in total. The van der Waals surface area contributed by atoms with Crippen molar-refractivity contribution in [3.8, 4) is 5.69 Å². The number of hydrogen-bond donors (Lipinski definition) is 1. The van der Waals surface area contributed by atoms with Crippen molar-refractivity contribution >= 4 is 15.7 Å². The Morgan fingerprint density at radius 3 is 2.22 bits per heavy atom. The molecule has 0 amide bonds. The maximum atomic E-state index is 12.6. The third-order valence-corrected chi connectivity index (χ3v) is 5.05. The number of benzene rings is 2. The first kappa shape index (κ1) is 15.4. The predicted molar refractivity (Wildman–Crippen MR) is 92.4 cm³/mol. The van der Waals surface area contributed by atoms with Gasteiger partial charge >= 0.3 is 0 Å². The van der Waals surface area contributed by atoms with E-state index in [-0.39, 0.29) is 4.90 Å². The quantitative estimate of drug-likeness (QED) is 0.774. The Morgan fingerprint density at radius 2 is 1.57 bits per heavy atom. The number of rotatable bonds is 5. The van der Waals surface area contributed by atoms with Crippen LogP contribution in [0.4, 0.5) is 5.69 Å². The molecule has 0 aliphatic carbocycles. The normalized spacial score (nSPS) is 11.3. The summed E-state index contributed by atoms with van der Waals surface area (Å²) < 4.78 is 29.8. The van der Waals surface area contributed by atoms with Crippen LogP contribution < -0.4 is 4.72 Å². The van der Waals surface area contributed by atoms with Gasteiger partial charge in [-0.3, -0.25) is 4.72 Å². The number of para-hydroxylation sites is 2. The number of anilines is 1. The zero-order chi connectivity index (χ0) is 16.3. The van der Waals surface area contributed by atoms with E-state index in [0.29, 0.717) is 5.69 Å². The van der Waals surface area contributed by atoms with E-state index >= 15 is 0 Å². The van der Waals surface area contributed by atoms with Crippen molar-refractivity contribution in [2.24, 2.45) is 0 Å². The number of aryl methyl sites for hydroxylation is 1. The van der Waals surface area contributed by atoms with E-state index < -0.39 is 10.0 Å². The summed E-state index contributed by atoms with van der Waals surface area (Å²) in [4.78, 5) is 0.261. The number of nitrogens with one attached hydrogen (secondary N) is 1. The van der Waals surface area contributed by atoms with Crippen LogP contribution in [-0.4, -0.2) is 13.0 Å². The second kappa shape index (κ2) is 6.30. The third-order valence-electron chi connectivity index (χ3n) is 3.67. The molecule has 0 unspecified atom stereocenters. The van der Waals surface area contributed by atoms with E-state index in [1.165, 1.54) is 0 Å². The summed E-state index contributed by atoms with van der Waals surface area (Å²) in [6.45, 7) is 2.04. The van der Waals surface area contributed by atoms with Crippen LogP contribution in [0, 0.1) is 0 Å². The van der Waals surface area contributed by atoms with Crippen molar-refractivity contribution in [1.82, 2.24) is 4.57 Å². The van der Waals surface area contributed by atoms with Crippen molar-refractivity contribution in [2.75, 3.05) is 4.72 Å². The summed E-state index contributed by atoms with van der Waals surface area (Å²) in [5.74, 6) is 0. The number of hydrogen-bond acceptors (Lipinski definition) is 2. The molecule has 5 heteroatoms. The minimum atomic E-state index is -3.62. The van der Waals surface area contributed by atoms with E-state index in [1.807, 2.05) is 66.3 Å². The molecule has 0 radical (unpaired) electrons. The highest BCUT2D eigenvalue weighted by molar-refractivity contribution is 7.92. The van der Waals surface area contributed by atoms with Crippen LogP contribution in [0.15, 0.2) is 78.0 Å². The lowest BCUT2D eigenvalue weighted by atomic mass is 10.2. The summed E-state index contributed by atoms with van der Waals surface area (Å²) in [7, 11) is -3.62. The standard InChI is InChI=1S/C18H18N2O2S/c1-2-15-9-11-16(12-10-15)23(21,22)19-17-7-3-4-8-18(17)20-13-5-6-14-20/h3-14,19H,2H2,1H3. The molecular formula is C18H18N2O2S. The Morgan fingerprint density at radius 1 is 0.913 bits per heavy atom. The van der Waals surface area contributed by atoms with Crippen molar-refractivity contribution in [2.45, 2.75) is 18.2 Å². The molecular weight excluding hydrogens is 308 g/mol. The molecule has 0 aliphatic heterocycles. The fourth-order valence-corrected chi connectivity index (χ4v) is 3.46. The summed E-state index contributed by atoms with van der Waals surface area (Å²) in [5, 5.41) is 0. The largest absolute Gasteiger partial charge is 0.322 e. The predicted octanol–water partition coefficient (Wildman–Crippen LogP) is 3.84. The fraction of sp³-hybridized carbons (Fsp3) is 0.111. The highest BCUT2D eigenvalue weighted by Crippen LogP contribution is 2.23. The molecule has 3 rings (SSSR count). The van der Waals surface area contributed by atoms with Gasteiger partial charge in [0.1, 0.15) is 0 Å². The first-order valence-electron chi connectivity index (χ1n) is 7.44. The molecule has 0 atom stereocenters. The van der Waals surface area contributed by atoms with Gasteiger partial charge in [-0.25, -0.2) is 8.42 Å². The lowest BCUT2D eigenvalue weighted by molar-refractivity contribution is 0.601.